The lowest BCUT2D eigenvalue weighted by molar-refractivity contribution is 0.194. The molecule has 2 aromatic heterocycles. The molecule has 0 amide bonds. The van der Waals surface area contributed by atoms with Crippen LogP contribution in [-0.2, 0) is 13.1 Å². The van der Waals surface area contributed by atoms with Crippen LogP contribution in [0.5, 0.6) is 5.75 Å². The van der Waals surface area contributed by atoms with Crippen molar-refractivity contribution >= 4 is 0 Å². The van der Waals surface area contributed by atoms with Crippen LogP contribution in [0.2, 0.25) is 0 Å². The lowest BCUT2D eigenvalue weighted by atomic mass is 9.96. The van der Waals surface area contributed by atoms with E-state index in [1.54, 1.807) is 13.3 Å². The van der Waals surface area contributed by atoms with Crippen LogP contribution in [-0.4, -0.2) is 45.0 Å². The number of nitrogens with zero attached hydrogens (tertiary/aromatic N) is 5. The lowest BCUT2D eigenvalue weighted by Gasteiger charge is -2.31. The Morgan fingerprint density at radius 3 is 2.96 bits per heavy atom. The molecule has 0 saturated carbocycles. The molecule has 7 heteroatoms. The first-order chi connectivity index (χ1) is 13.2. The van der Waals surface area contributed by atoms with Gasteiger partial charge in [-0.05, 0) is 43.1 Å². The molecule has 1 aliphatic heterocycles. The summed E-state index contributed by atoms with van der Waals surface area (Å²) in [7, 11) is 1.71. The third-order valence-electron chi connectivity index (χ3n) is 5.06. The summed E-state index contributed by atoms with van der Waals surface area (Å²) < 4.78 is 12.6. The quantitative estimate of drug-likeness (QED) is 0.667. The molecule has 1 atom stereocenters. The van der Waals surface area contributed by atoms with E-state index in [4.69, 9.17) is 9.26 Å². The fourth-order valence-corrected chi connectivity index (χ4v) is 3.77. The van der Waals surface area contributed by atoms with Gasteiger partial charge in [0.15, 0.2) is 5.82 Å². The van der Waals surface area contributed by atoms with Gasteiger partial charge >= 0.3 is 0 Å². The van der Waals surface area contributed by atoms with E-state index in [2.05, 4.69) is 38.3 Å². The van der Waals surface area contributed by atoms with E-state index in [1.807, 2.05) is 23.9 Å². The molecule has 1 aliphatic rings. The highest BCUT2D eigenvalue weighted by Crippen LogP contribution is 2.27. The number of hydrogen-bond acceptors (Lipinski definition) is 6. The van der Waals surface area contributed by atoms with Gasteiger partial charge in [-0.2, -0.15) is 10.1 Å². The number of benzene rings is 1. The molecule has 0 bridgehead atoms. The summed E-state index contributed by atoms with van der Waals surface area (Å²) in [5.74, 6) is 2.72. The van der Waals surface area contributed by atoms with Crippen LogP contribution in [0.4, 0.5) is 0 Å². The van der Waals surface area contributed by atoms with Crippen molar-refractivity contribution in [2.75, 3.05) is 20.2 Å². The smallest absolute Gasteiger partial charge is 0.223 e. The number of methoxy groups -OCH3 is 1. The largest absolute Gasteiger partial charge is 0.496 e. The van der Waals surface area contributed by atoms with Gasteiger partial charge < -0.3 is 9.26 Å². The van der Waals surface area contributed by atoms with Crippen molar-refractivity contribution < 1.29 is 9.26 Å². The molecule has 0 spiro atoms. The van der Waals surface area contributed by atoms with Gasteiger partial charge in [-0.1, -0.05) is 11.2 Å². The third kappa shape index (κ3) is 4.19. The van der Waals surface area contributed by atoms with Gasteiger partial charge in [0, 0.05) is 43.9 Å². The van der Waals surface area contributed by atoms with E-state index >= 15 is 0 Å². The predicted octanol–water partition coefficient (Wildman–Crippen LogP) is 3.01. The number of aromatic nitrogens is 4. The van der Waals surface area contributed by atoms with E-state index in [-0.39, 0.29) is 0 Å². The molecule has 1 aromatic carbocycles. The molecular weight excluding hydrogens is 342 g/mol. The Labute approximate surface area is 158 Å². The van der Waals surface area contributed by atoms with Crippen molar-refractivity contribution in [3.05, 3.63) is 59.5 Å². The van der Waals surface area contributed by atoms with Gasteiger partial charge in [0.05, 0.1) is 13.7 Å². The highest BCUT2D eigenvalue weighted by atomic mass is 16.5. The minimum absolute atomic E-state index is 0.345. The number of likely N-dealkylation sites (tertiary alicyclic amines) is 1. The minimum Gasteiger partial charge on any atom is -0.496 e. The monoisotopic (exact) mass is 367 g/mol. The van der Waals surface area contributed by atoms with Crippen molar-refractivity contribution in [1.82, 2.24) is 24.8 Å². The molecule has 1 saturated heterocycles. The van der Waals surface area contributed by atoms with Crippen LogP contribution in [0.1, 0.15) is 41.6 Å². The Morgan fingerprint density at radius 1 is 1.30 bits per heavy atom. The Bertz CT molecular complexity index is 874. The Hall–Kier alpha value is -2.67. The molecule has 0 radical (unpaired) electrons. The van der Waals surface area contributed by atoms with Crippen LogP contribution >= 0.6 is 0 Å². The zero-order valence-corrected chi connectivity index (χ0v) is 15.8. The molecule has 0 aliphatic carbocycles. The summed E-state index contributed by atoms with van der Waals surface area (Å²) >= 11 is 0. The van der Waals surface area contributed by atoms with E-state index in [0.717, 1.165) is 49.6 Å². The topological polar surface area (TPSA) is 69.2 Å². The first kappa shape index (κ1) is 17.7. The number of aryl methyl sites for hydroxylation is 1. The summed E-state index contributed by atoms with van der Waals surface area (Å²) in [6.07, 6.45) is 6.02. The SMILES string of the molecule is COc1ccc(CN2CCCC(c3noc(C)n3)C2)cc1Cn1cccn1. The van der Waals surface area contributed by atoms with Crippen molar-refractivity contribution in [1.29, 1.82) is 0 Å². The summed E-state index contributed by atoms with van der Waals surface area (Å²) in [4.78, 5) is 6.90. The number of piperidine rings is 1. The summed E-state index contributed by atoms with van der Waals surface area (Å²) in [5, 5.41) is 8.43. The average molecular weight is 367 g/mol. The zero-order valence-electron chi connectivity index (χ0n) is 15.8. The second kappa shape index (κ2) is 7.92. The maximum atomic E-state index is 5.53. The van der Waals surface area contributed by atoms with Gasteiger partial charge in [0.25, 0.3) is 0 Å². The second-order valence-corrected chi connectivity index (χ2v) is 7.10. The average Bonchev–Trinajstić information content (AvgIpc) is 3.34. The van der Waals surface area contributed by atoms with Crippen LogP contribution in [0.15, 0.2) is 41.2 Å². The molecule has 27 heavy (non-hydrogen) atoms. The number of ether oxygens (including phenoxy) is 1. The Kier molecular flexibility index (Phi) is 5.20. The van der Waals surface area contributed by atoms with Crippen molar-refractivity contribution in [2.24, 2.45) is 0 Å². The lowest BCUT2D eigenvalue weighted by Crippen LogP contribution is -2.34. The van der Waals surface area contributed by atoms with Gasteiger partial charge in [0.2, 0.25) is 5.89 Å². The molecule has 0 N–H and O–H groups in total. The molecule has 142 valence electrons. The maximum Gasteiger partial charge on any atom is 0.223 e. The van der Waals surface area contributed by atoms with Crippen molar-refractivity contribution in [3.63, 3.8) is 0 Å². The highest BCUT2D eigenvalue weighted by molar-refractivity contribution is 5.37. The second-order valence-electron chi connectivity index (χ2n) is 7.10. The molecule has 3 aromatic rings. The Balaban J connectivity index is 1.46. The third-order valence-corrected chi connectivity index (χ3v) is 5.06. The Morgan fingerprint density at radius 2 is 2.22 bits per heavy atom. The summed E-state index contributed by atoms with van der Waals surface area (Å²) in [6, 6.07) is 8.36. The van der Waals surface area contributed by atoms with Gasteiger partial charge in [-0.15, -0.1) is 0 Å². The van der Waals surface area contributed by atoms with E-state index in [9.17, 15) is 0 Å². The summed E-state index contributed by atoms with van der Waals surface area (Å²) in [6.45, 7) is 5.50. The summed E-state index contributed by atoms with van der Waals surface area (Å²) in [5.41, 5.74) is 2.42. The molecule has 3 heterocycles. The van der Waals surface area contributed by atoms with Crippen LogP contribution < -0.4 is 4.74 Å². The van der Waals surface area contributed by atoms with Crippen LogP contribution in [0.25, 0.3) is 0 Å². The first-order valence-corrected chi connectivity index (χ1v) is 9.37. The minimum atomic E-state index is 0.345. The fourth-order valence-electron chi connectivity index (χ4n) is 3.77. The normalized spacial score (nSPS) is 17.9. The van der Waals surface area contributed by atoms with Crippen molar-refractivity contribution in [2.45, 2.75) is 38.8 Å². The van der Waals surface area contributed by atoms with Crippen molar-refractivity contribution in [3.8, 4) is 5.75 Å². The molecule has 1 fully saturated rings. The molecular formula is C20H25N5O2. The molecule has 4 rings (SSSR count). The molecule has 1 unspecified atom stereocenters. The number of rotatable bonds is 6. The van der Waals surface area contributed by atoms with E-state index in [1.165, 1.54) is 5.56 Å². The van der Waals surface area contributed by atoms with E-state index < -0.39 is 0 Å². The van der Waals surface area contributed by atoms with E-state index in [0.29, 0.717) is 18.4 Å². The first-order valence-electron chi connectivity index (χ1n) is 9.37. The molecule has 7 nitrogen and oxygen atoms in total. The maximum absolute atomic E-state index is 5.53. The highest BCUT2D eigenvalue weighted by Gasteiger charge is 2.25. The van der Waals surface area contributed by atoms with Crippen LogP contribution in [0.3, 0.4) is 0 Å². The van der Waals surface area contributed by atoms with Gasteiger partial charge in [-0.25, -0.2) is 0 Å². The fraction of sp³-hybridized carbons (Fsp3) is 0.450. The predicted molar refractivity (Wildman–Crippen MR) is 101 cm³/mol. The standard InChI is InChI=1S/C20H25N5O2/c1-15-22-20(23-27-15)17-5-3-9-24(13-17)12-16-6-7-19(26-2)18(11-16)14-25-10-4-8-21-25/h4,6-8,10-11,17H,3,5,9,12-14H2,1-2H3. The van der Waals surface area contributed by atoms with Gasteiger partial charge in [-0.3, -0.25) is 9.58 Å². The van der Waals surface area contributed by atoms with Gasteiger partial charge in [0.1, 0.15) is 5.75 Å². The zero-order chi connectivity index (χ0) is 18.6. The number of hydrogen-bond donors (Lipinski definition) is 0. The van der Waals surface area contributed by atoms with Crippen LogP contribution in [0, 0.1) is 6.92 Å².